The highest BCUT2D eigenvalue weighted by Crippen LogP contribution is 2.26. The van der Waals surface area contributed by atoms with E-state index in [1.165, 1.54) is 7.11 Å². The molecule has 0 aliphatic rings. The Kier molecular flexibility index (Phi) is 4.95. The molecule has 0 saturated carbocycles. The molecule has 0 aliphatic heterocycles. The molecular weight excluding hydrogens is 272 g/mol. The number of hydrogen-bond acceptors (Lipinski definition) is 5. The molecule has 1 heterocycles. The first-order valence-corrected chi connectivity index (χ1v) is 6.78. The maximum Gasteiger partial charge on any atom is 0.340 e. The summed E-state index contributed by atoms with van der Waals surface area (Å²) in [5, 5.41) is 23.7. The highest BCUT2D eigenvalue weighted by molar-refractivity contribution is 6.04. The van der Waals surface area contributed by atoms with Crippen molar-refractivity contribution in [2.24, 2.45) is 0 Å². The highest BCUT2D eigenvalue weighted by Gasteiger charge is 2.20. The van der Waals surface area contributed by atoms with Gasteiger partial charge in [-0.05, 0) is 37.7 Å². The molecule has 6 nitrogen and oxygen atoms in total. The van der Waals surface area contributed by atoms with E-state index < -0.39 is 18.2 Å². The molecule has 0 spiro atoms. The van der Waals surface area contributed by atoms with Gasteiger partial charge in [-0.25, -0.2) is 4.79 Å². The van der Waals surface area contributed by atoms with E-state index in [4.69, 9.17) is 4.74 Å². The number of carbonyl (C=O) groups excluding carboxylic acids is 1. The molecule has 0 bridgehead atoms. The van der Waals surface area contributed by atoms with Gasteiger partial charge >= 0.3 is 5.97 Å². The van der Waals surface area contributed by atoms with Crippen molar-refractivity contribution >= 4 is 16.9 Å². The third-order valence-corrected chi connectivity index (χ3v) is 3.51. The number of aromatic nitrogens is 1. The van der Waals surface area contributed by atoms with Crippen LogP contribution in [0.3, 0.4) is 0 Å². The summed E-state index contributed by atoms with van der Waals surface area (Å²) < 4.78 is 4.72. The number of fused-ring (bicyclic) bond motifs is 1. The van der Waals surface area contributed by atoms with Gasteiger partial charge in [0.05, 0.1) is 18.8 Å². The van der Waals surface area contributed by atoms with Crippen molar-refractivity contribution in [3.8, 4) is 0 Å². The number of aliphatic hydroxyl groups excluding tert-OH is 2. The Labute approximate surface area is 122 Å². The minimum Gasteiger partial charge on any atom is -0.465 e. The van der Waals surface area contributed by atoms with Crippen LogP contribution in [-0.2, 0) is 4.74 Å². The third kappa shape index (κ3) is 3.24. The monoisotopic (exact) mass is 292 g/mol. The fraction of sp³-hybridized carbons (Fsp3) is 0.400. The van der Waals surface area contributed by atoms with Gasteiger partial charge in [-0.2, -0.15) is 0 Å². The van der Waals surface area contributed by atoms with Crippen LogP contribution in [0.1, 0.15) is 28.4 Å². The lowest BCUT2D eigenvalue weighted by Gasteiger charge is -2.18. The number of hydrogen-bond donors (Lipinski definition) is 4. The molecule has 6 heteroatoms. The minimum atomic E-state index is -0.997. The van der Waals surface area contributed by atoms with Gasteiger partial charge in [-0.15, -0.1) is 0 Å². The zero-order valence-corrected chi connectivity index (χ0v) is 12.1. The van der Waals surface area contributed by atoms with Crippen molar-refractivity contribution in [3.63, 3.8) is 0 Å². The molecule has 1 aromatic carbocycles. The SMILES string of the molecule is CNCCC(O)C(O)c1ccc2[nH]cc(C(=O)OC)c2c1. The van der Waals surface area contributed by atoms with E-state index >= 15 is 0 Å². The van der Waals surface area contributed by atoms with E-state index in [0.29, 0.717) is 29.5 Å². The van der Waals surface area contributed by atoms with Crippen molar-refractivity contribution < 1.29 is 19.7 Å². The predicted molar refractivity (Wildman–Crippen MR) is 79.1 cm³/mol. The van der Waals surface area contributed by atoms with Gasteiger partial charge in [0.15, 0.2) is 0 Å². The lowest BCUT2D eigenvalue weighted by Crippen LogP contribution is -2.23. The summed E-state index contributed by atoms with van der Waals surface area (Å²) in [4.78, 5) is 14.7. The molecule has 0 radical (unpaired) electrons. The number of rotatable bonds is 6. The Hall–Kier alpha value is -1.89. The van der Waals surface area contributed by atoms with Gasteiger partial charge < -0.3 is 25.3 Å². The van der Waals surface area contributed by atoms with Crippen LogP contribution >= 0.6 is 0 Å². The molecule has 0 saturated heterocycles. The van der Waals surface area contributed by atoms with Gasteiger partial charge in [0, 0.05) is 17.1 Å². The van der Waals surface area contributed by atoms with Crippen molar-refractivity contribution in [1.29, 1.82) is 0 Å². The van der Waals surface area contributed by atoms with Crippen LogP contribution < -0.4 is 5.32 Å². The van der Waals surface area contributed by atoms with E-state index in [2.05, 4.69) is 10.3 Å². The molecule has 0 fully saturated rings. The van der Waals surface area contributed by atoms with Crippen LogP contribution in [0.5, 0.6) is 0 Å². The standard InChI is InChI=1S/C15H20N2O4/c1-16-6-5-13(18)14(19)9-3-4-12-10(7-9)11(8-17-12)15(20)21-2/h3-4,7-8,13-14,16-19H,5-6H2,1-2H3. The Morgan fingerprint density at radius 1 is 1.43 bits per heavy atom. The second-order valence-electron chi connectivity index (χ2n) is 4.90. The number of benzene rings is 1. The van der Waals surface area contributed by atoms with Crippen molar-refractivity contribution in [1.82, 2.24) is 10.3 Å². The van der Waals surface area contributed by atoms with Gasteiger partial charge in [-0.3, -0.25) is 0 Å². The molecule has 1 aromatic heterocycles. The number of methoxy groups -OCH3 is 1. The lowest BCUT2D eigenvalue weighted by atomic mass is 10.00. The lowest BCUT2D eigenvalue weighted by molar-refractivity contribution is 0.0141. The average molecular weight is 292 g/mol. The largest absolute Gasteiger partial charge is 0.465 e. The van der Waals surface area contributed by atoms with Gasteiger partial charge in [-0.1, -0.05) is 6.07 Å². The van der Waals surface area contributed by atoms with Crippen LogP contribution in [0.4, 0.5) is 0 Å². The Morgan fingerprint density at radius 3 is 2.86 bits per heavy atom. The van der Waals surface area contributed by atoms with Crippen LogP contribution in [0.25, 0.3) is 10.9 Å². The first-order valence-electron chi connectivity index (χ1n) is 6.78. The smallest absolute Gasteiger partial charge is 0.340 e. The topological polar surface area (TPSA) is 94.6 Å². The number of H-pyrrole nitrogens is 1. The first-order chi connectivity index (χ1) is 10.1. The number of carbonyl (C=O) groups is 1. The van der Waals surface area contributed by atoms with Crippen LogP contribution in [-0.4, -0.2) is 48.0 Å². The summed E-state index contributed by atoms with van der Waals surface area (Å²) >= 11 is 0. The Morgan fingerprint density at radius 2 is 2.19 bits per heavy atom. The van der Waals surface area contributed by atoms with E-state index in [1.807, 2.05) is 0 Å². The summed E-state index contributed by atoms with van der Waals surface area (Å²) in [6.07, 6.45) is 0.148. The van der Waals surface area contributed by atoms with E-state index in [-0.39, 0.29) is 0 Å². The molecule has 0 amide bonds. The van der Waals surface area contributed by atoms with Crippen LogP contribution in [0, 0.1) is 0 Å². The highest BCUT2D eigenvalue weighted by atomic mass is 16.5. The maximum atomic E-state index is 11.7. The summed E-state index contributed by atoms with van der Waals surface area (Å²) in [5.74, 6) is -0.441. The fourth-order valence-electron chi connectivity index (χ4n) is 2.27. The number of ether oxygens (including phenoxy) is 1. The molecule has 4 N–H and O–H groups in total. The van der Waals surface area contributed by atoms with E-state index in [1.54, 1.807) is 31.4 Å². The summed E-state index contributed by atoms with van der Waals surface area (Å²) in [6.45, 7) is 0.609. The number of aliphatic hydroxyl groups is 2. The minimum absolute atomic E-state index is 0.409. The zero-order chi connectivity index (χ0) is 15.4. The number of esters is 1. The van der Waals surface area contributed by atoms with E-state index in [0.717, 1.165) is 5.52 Å². The van der Waals surface area contributed by atoms with Gasteiger partial charge in [0.25, 0.3) is 0 Å². The zero-order valence-electron chi connectivity index (χ0n) is 12.1. The molecule has 2 rings (SSSR count). The molecule has 2 atom stereocenters. The van der Waals surface area contributed by atoms with Crippen molar-refractivity contribution in [3.05, 3.63) is 35.5 Å². The number of aromatic amines is 1. The van der Waals surface area contributed by atoms with E-state index in [9.17, 15) is 15.0 Å². The summed E-state index contributed by atoms with van der Waals surface area (Å²) in [6, 6.07) is 5.20. The summed E-state index contributed by atoms with van der Waals surface area (Å²) in [5.41, 5.74) is 1.75. The van der Waals surface area contributed by atoms with Crippen LogP contribution in [0.2, 0.25) is 0 Å². The van der Waals surface area contributed by atoms with Gasteiger partial charge in [0.2, 0.25) is 0 Å². The quantitative estimate of drug-likeness (QED) is 0.595. The molecule has 0 aliphatic carbocycles. The predicted octanol–water partition coefficient (Wildman–Crippen LogP) is 0.958. The molecular formula is C15H20N2O4. The molecule has 21 heavy (non-hydrogen) atoms. The summed E-state index contributed by atoms with van der Waals surface area (Å²) in [7, 11) is 3.11. The third-order valence-electron chi connectivity index (χ3n) is 3.51. The Bertz CT molecular complexity index is 623. The average Bonchev–Trinajstić information content (AvgIpc) is 2.93. The molecule has 2 unspecified atom stereocenters. The van der Waals surface area contributed by atoms with Crippen LogP contribution in [0.15, 0.2) is 24.4 Å². The van der Waals surface area contributed by atoms with Crippen molar-refractivity contribution in [2.75, 3.05) is 20.7 Å². The second-order valence-corrected chi connectivity index (χ2v) is 4.90. The maximum absolute atomic E-state index is 11.7. The number of nitrogens with one attached hydrogen (secondary N) is 2. The van der Waals surface area contributed by atoms with Gasteiger partial charge in [0.1, 0.15) is 6.10 Å². The molecule has 114 valence electrons. The fourth-order valence-corrected chi connectivity index (χ4v) is 2.27. The second kappa shape index (κ2) is 6.71. The Balaban J connectivity index is 2.30. The van der Waals surface area contributed by atoms with Crippen molar-refractivity contribution in [2.45, 2.75) is 18.6 Å². The molecule has 2 aromatic rings. The first kappa shape index (κ1) is 15.5. The normalized spacial score (nSPS) is 14.1.